The van der Waals surface area contributed by atoms with Crippen molar-refractivity contribution in [2.75, 3.05) is 14.2 Å². The second kappa shape index (κ2) is 5.37. The molecule has 0 saturated heterocycles. The molecule has 5 heteroatoms. The van der Waals surface area contributed by atoms with E-state index in [-0.39, 0.29) is 0 Å². The van der Waals surface area contributed by atoms with Gasteiger partial charge in [-0.1, -0.05) is 0 Å². The van der Waals surface area contributed by atoms with E-state index >= 15 is 0 Å². The van der Waals surface area contributed by atoms with Crippen LogP contribution in [-0.2, 0) is 0 Å². The number of ether oxygens (including phenoxy) is 2. The highest BCUT2D eigenvalue weighted by molar-refractivity contribution is 7.10. The Morgan fingerprint density at radius 1 is 1.17 bits per heavy atom. The summed E-state index contributed by atoms with van der Waals surface area (Å²) in [6, 6.07) is 5.81. The van der Waals surface area contributed by atoms with E-state index < -0.39 is 11.9 Å². The van der Waals surface area contributed by atoms with Crippen LogP contribution in [0.5, 0.6) is 11.5 Å². The molecular weight excluding hydrogens is 255 g/mol. The van der Waals surface area contributed by atoms with Gasteiger partial charge < -0.3 is 14.6 Å². The number of aliphatic hydroxyl groups is 1. The molecule has 3 nitrogen and oxygen atoms in total. The maximum absolute atomic E-state index is 13.3. The molecule has 0 aliphatic rings. The molecule has 1 aromatic carbocycles. The van der Waals surface area contributed by atoms with E-state index in [9.17, 15) is 9.50 Å². The SMILES string of the molecule is COc1ccc(F)cc1C(O)c1sccc1OC. The van der Waals surface area contributed by atoms with Crippen molar-refractivity contribution in [3.05, 3.63) is 45.9 Å². The van der Waals surface area contributed by atoms with Crippen LogP contribution in [0.1, 0.15) is 16.5 Å². The summed E-state index contributed by atoms with van der Waals surface area (Å²) in [5.41, 5.74) is 0.387. The number of methoxy groups -OCH3 is 2. The van der Waals surface area contributed by atoms with Crippen LogP contribution in [0.3, 0.4) is 0 Å². The van der Waals surface area contributed by atoms with Gasteiger partial charge in [-0.15, -0.1) is 11.3 Å². The maximum Gasteiger partial charge on any atom is 0.135 e. The largest absolute Gasteiger partial charge is 0.496 e. The first-order valence-electron chi connectivity index (χ1n) is 5.30. The third kappa shape index (κ3) is 2.32. The molecule has 2 rings (SSSR count). The van der Waals surface area contributed by atoms with Crippen LogP contribution in [0.2, 0.25) is 0 Å². The molecule has 0 aliphatic heterocycles. The highest BCUT2D eigenvalue weighted by Crippen LogP contribution is 2.38. The Morgan fingerprint density at radius 3 is 2.56 bits per heavy atom. The van der Waals surface area contributed by atoms with Crippen molar-refractivity contribution in [3.8, 4) is 11.5 Å². The second-order valence-corrected chi connectivity index (χ2v) is 4.59. The van der Waals surface area contributed by atoms with Gasteiger partial charge in [-0.05, 0) is 29.6 Å². The number of benzene rings is 1. The van der Waals surface area contributed by atoms with Gasteiger partial charge in [0, 0.05) is 5.56 Å². The molecule has 0 aliphatic carbocycles. The fourth-order valence-corrected chi connectivity index (χ4v) is 2.60. The van der Waals surface area contributed by atoms with E-state index in [1.807, 2.05) is 5.38 Å². The number of rotatable bonds is 4. The predicted molar refractivity (Wildman–Crippen MR) is 67.9 cm³/mol. The van der Waals surface area contributed by atoms with Gasteiger partial charge in [0.2, 0.25) is 0 Å². The van der Waals surface area contributed by atoms with Gasteiger partial charge in [-0.25, -0.2) is 4.39 Å². The summed E-state index contributed by atoms with van der Waals surface area (Å²) >= 11 is 1.35. The van der Waals surface area contributed by atoms with E-state index in [0.29, 0.717) is 21.9 Å². The standard InChI is InChI=1S/C13H13FO3S/c1-16-10-4-3-8(14)7-9(10)12(15)13-11(17-2)5-6-18-13/h3-7,12,15H,1-2H3. The lowest BCUT2D eigenvalue weighted by Crippen LogP contribution is -2.02. The van der Waals surface area contributed by atoms with Crippen LogP contribution in [0, 0.1) is 5.82 Å². The number of hydrogen-bond acceptors (Lipinski definition) is 4. The van der Waals surface area contributed by atoms with Gasteiger partial charge in [0.05, 0.1) is 19.1 Å². The highest BCUT2D eigenvalue weighted by Gasteiger charge is 2.21. The Kier molecular flexibility index (Phi) is 3.84. The molecule has 18 heavy (non-hydrogen) atoms. The first kappa shape index (κ1) is 12.9. The van der Waals surface area contributed by atoms with Crippen molar-refractivity contribution in [1.82, 2.24) is 0 Å². The van der Waals surface area contributed by atoms with Crippen LogP contribution < -0.4 is 9.47 Å². The molecule has 0 radical (unpaired) electrons. The van der Waals surface area contributed by atoms with E-state index in [1.165, 1.54) is 43.8 Å². The Bertz CT molecular complexity index is 539. The third-order valence-electron chi connectivity index (χ3n) is 2.61. The summed E-state index contributed by atoms with van der Waals surface area (Å²) in [7, 11) is 3.01. The molecule has 1 N–H and O–H groups in total. The zero-order valence-electron chi connectivity index (χ0n) is 10.0. The Hall–Kier alpha value is -1.59. The first-order valence-corrected chi connectivity index (χ1v) is 6.18. The van der Waals surface area contributed by atoms with E-state index in [0.717, 1.165) is 0 Å². The molecular formula is C13H13FO3S. The smallest absolute Gasteiger partial charge is 0.135 e. The summed E-state index contributed by atoms with van der Waals surface area (Å²) in [4.78, 5) is 0.626. The van der Waals surface area contributed by atoms with Crippen molar-refractivity contribution in [3.63, 3.8) is 0 Å². The van der Waals surface area contributed by atoms with Gasteiger partial charge in [0.15, 0.2) is 0 Å². The molecule has 1 atom stereocenters. The summed E-state index contributed by atoms with van der Waals surface area (Å²) in [5, 5.41) is 12.1. The second-order valence-electron chi connectivity index (χ2n) is 3.64. The molecule has 1 unspecified atom stereocenters. The molecule has 1 aromatic heterocycles. The maximum atomic E-state index is 13.3. The summed E-state index contributed by atoms with van der Waals surface area (Å²) in [6.07, 6.45) is -0.967. The lowest BCUT2D eigenvalue weighted by Gasteiger charge is -2.15. The van der Waals surface area contributed by atoms with Gasteiger partial charge >= 0.3 is 0 Å². The highest BCUT2D eigenvalue weighted by atomic mass is 32.1. The first-order chi connectivity index (χ1) is 8.67. The van der Waals surface area contributed by atoms with Crippen molar-refractivity contribution in [2.24, 2.45) is 0 Å². The number of hydrogen-bond donors (Lipinski definition) is 1. The lowest BCUT2D eigenvalue weighted by molar-refractivity contribution is 0.213. The predicted octanol–water partition coefficient (Wildman–Crippen LogP) is 2.99. The van der Waals surface area contributed by atoms with E-state index in [4.69, 9.17) is 9.47 Å². The summed E-state index contributed by atoms with van der Waals surface area (Å²) in [6.45, 7) is 0. The van der Waals surface area contributed by atoms with Crippen LogP contribution in [-0.4, -0.2) is 19.3 Å². The van der Waals surface area contributed by atoms with Crippen molar-refractivity contribution < 1.29 is 19.0 Å². The lowest BCUT2D eigenvalue weighted by atomic mass is 10.1. The molecule has 0 bridgehead atoms. The zero-order valence-corrected chi connectivity index (χ0v) is 10.8. The molecule has 0 amide bonds. The van der Waals surface area contributed by atoms with Gasteiger partial charge in [-0.3, -0.25) is 0 Å². The van der Waals surface area contributed by atoms with Crippen LogP contribution in [0.15, 0.2) is 29.6 Å². The van der Waals surface area contributed by atoms with Gasteiger partial charge in [0.1, 0.15) is 23.4 Å². The molecule has 0 spiro atoms. The Morgan fingerprint density at radius 2 is 1.89 bits per heavy atom. The monoisotopic (exact) mass is 268 g/mol. The van der Waals surface area contributed by atoms with Crippen molar-refractivity contribution in [1.29, 1.82) is 0 Å². The minimum Gasteiger partial charge on any atom is -0.496 e. The zero-order chi connectivity index (χ0) is 13.1. The molecule has 0 saturated carbocycles. The Labute approximate surface area is 108 Å². The number of halogens is 1. The summed E-state index contributed by atoms with van der Waals surface area (Å²) in [5.74, 6) is 0.610. The van der Waals surface area contributed by atoms with E-state index in [1.54, 1.807) is 6.07 Å². The van der Waals surface area contributed by atoms with Gasteiger partial charge in [0.25, 0.3) is 0 Å². The normalized spacial score (nSPS) is 12.2. The molecule has 96 valence electrons. The van der Waals surface area contributed by atoms with Crippen LogP contribution in [0.25, 0.3) is 0 Å². The topological polar surface area (TPSA) is 38.7 Å². The number of aliphatic hydroxyl groups excluding tert-OH is 1. The minimum atomic E-state index is -0.967. The van der Waals surface area contributed by atoms with Crippen LogP contribution >= 0.6 is 11.3 Å². The van der Waals surface area contributed by atoms with Crippen molar-refractivity contribution >= 4 is 11.3 Å². The minimum absolute atomic E-state index is 0.387. The van der Waals surface area contributed by atoms with E-state index in [2.05, 4.69) is 0 Å². The molecule has 0 fully saturated rings. The van der Waals surface area contributed by atoms with Crippen molar-refractivity contribution in [2.45, 2.75) is 6.10 Å². The third-order valence-corrected chi connectivity index (χ3v) is 3.56. The quantitative estimate of drug-likeness (QED) is 0.926. The average Bonchev–Trinajstić information content (AvgIpc) is 2.86. The van der Waals surface area contributed by atoms with Crippen LogP contribution in [0.4, 0.5) is 4.39 Å². The average molecular weight is 268 g/mol. The fraction of sp³-hybridized carbons (Fsp3) is 0.231. The summed E-state index contributed by atoms with van der Waals surface area (Å²) < 4.78 is 23.6. The van der Waals surface area contributed by atoms with Gasteiger partial charge in [-0.2, -0.15) is 0 Å². The molecule has 2 aromatic rings. The number of thiophene rings is 1. The fourth-order valence-electron chi connectivity index (χ4n) is 1.74. The Balaban J connectivity index is 2.45. The molecule has 1 heterocycles.